The summed E-state index contributed by atoms with van der Waals surface area (Å²) < 4.78 is 0. The molecule has 0 aromatic carbocycles. The van der Waals surface area contributed by atoms with Crippen LogP contribution in [0.15, 0.2) is 0 Å². The number of hydrogen-bond acceptors (Lipinski definition) is 4. The zero-order valence-electron chi connectivity index (χ0n) is 6.95. The summed E-state index contributed by atoms with van der Waals surface area (Å²) >= 11 is 0. The smallest absolute Gasteiger partial charge is 0.111 e. The van der Waals surface area contributed by atoms with Crippen LogP contribution in [0.4, 0.5) is 0 Å². The number of rotatable bonds is 5. The van der Waals surface area contributed by atoms with Gasteiger partial charge < -0.3 is 21.7 Å². The van der Waals surface area contributed by atoms with Gasteiger partial charge >= 0.3 is 0 Å². The van der Waals surface area contributed by atoms with E-state index in [1.54, 1.807) is 0 Å². The van der Waals surface area contributed by atoms with E-state index in [-0.39, 0.29) is 13.2 Å². The quantitative estimate of drug-likeness (QED) is 0.390. The van der Waals surface area contributed by atoms with Crippen LogP contribution in [-0.2, 0) is 0 Å². The second-order valence-corrected chi connectivity index (χ2v) is 2.92. The summed E-state index contributed by atoms with van der Waals surface area (Å²) in [5.41, 5.74) is 10.00. The molecule has 0 amide bonds. The van der Waals surface area contributed by atoms with Crippen molar-refractivity contribution < 1.29 is 10.2 Å². The molecular weight excluding hydrogens is 144 g/mol. The normalized spacial score (nSPS) is 19.4. The van der Waals surface area contributed by atoms with Gasteiger partial charge in [0, 0.05) is 12.0 Å². The van der Waals surface area contributed by atoms with Gasteiger partial charge in [-0.3, -0.25) is 0 Å². The van der Waals surface area contributed by atoms with Crippen LogP contribution < -0.4 is 11.5 Å². The first-order valence-electron chi connectivity index (χ1n) is 3.87. The Kier molecular flexibility index (Phi) is 4.60. The van der Waals surface area contributed by atoms with Gasteiger partial charge in [-0.1, -0.05) is 13.3 Å². The fourth-order valence-electron chi connectivity index (χ4n) is 1.11. The third-order valence-corrected chi connectivity index (χ3v) is 2.10. The fourth-order valence-corrected chi connectivity index (χ4v) is 1.11. The molecule has 0 rings (SSSR count). The molecule has 2 atom stereocenters. The molecule has 0 saturated carbocycles. The first-order valence-corrected chi connectivity index (χ1v) is 3.87. The van der Waals surface area contributed by atoms with Crippen molar-refractivity contribution in [1.82, 2.24) is 0 Å². The lowest BCUT2D eigenvalue weighted by Crippen LogP contribution is -2.49. The van der Waals surface area contributed by atoms with E-state index in [0.29, 0.717) is 6.42 Å². The minimum atomic E-state index is -1.03. The van der Waals surface area contributed by atoms with Crippen molar-refractivity contribution in [1.29, 1.82) is 0 Å². The van der Waals surface area contributed by atoms with Gasteiger partial charge in [0.25, 0.3) is 0 Å². The van der Waals surface area contributed by atoms with E-state index in [2.05, 4.69) is 0 Å². The zero-order chi connectivity index (χ0) is 8.91. The molecule has 0 aliphatic rings. The summed E-state index contributed by atoms with van der Waals surface area (Å²) in [6.07, 6.45) is 0.474. The maximum absolute atomic E-state index is 9.13. The van der Waals surface area contributed by atoms with Gasteiger partial charge in [0.05, 0.1) is 6.61 Å². The highest BCUT2D eigenvalue weighted by Crippen LogP contribution is 2.23. The van der Waals surface area contributed by atoms with E-state index in [1.165, 1.54) is 0 Å². The lowest BCUT2D eigenvalue weighted by atomic mass is 9.82. The highest BCUT2D eigenvalue weighted by molar-refractivity contribution is 4.83. The molecule has 4 heteroatoms. The Balaban J connectivity index is 4.20. The van der Waals surface area contributed by atoms with Gasteiger partial charge in [0.1, 0.15) is 6.23 Å². The molecule has 4 nitrogen and oxygen atoms in total. The van der Waals surface area contributed by atoms with Gasteiger partial charge in [-0.25, -0.2) is 0 Å². The largest absolute Gasteiger partial charge is 0.396 e. The Bertz CT molecular complexity index is 103. The zero-order valence-corrected chi connectivity index (χ0v) is 6.95. The van der Waals surface area contributed by atoms with E-state index in [1.807, 2.05) is 6.92 Å². The molecule has 0 aromatic rings. The minimum Gasteiger partial charge on any atom is -0.396 e. The van der Waals surface area contributed by atoms with Crippen molar-refractivity contribution in [2.24, 2.45) is 16.9 Å². The molecule has 0 spiro atoms. The van der Waals surface area contributed by atoms with Crippen molar-refractivity contribution in [2.75, 3.05) is 13.2 Å². The van der Waals surface area contributed by atoms with Crippen LogP contribution in [0.1, 0.15) is 19.8 Å². The minimum absolute atomic E-state index is 0.158. The molecule has 0 aromatic heterocycles. The first-order chi connectivity index (χ1) is 5.13. The van der Waals surface area contributed by atoms with Crippen LogP contribution >= 0.6 is 0 Å². The molecule has 0 aliphatic carbocycles. The summed E-state index contributed by atoms with van der Waals surface area (Å²) in [7, 11) is 0. The number of nitrogens with two attached hydrogens (primary N) is 2. The molecule has 0 aliphatic heterocycles. The van der Waals surface area contributed by atoms with Crippen molar-refractivity contribution in [3.63, 3.8) is 0 Å². The summed E-state index contributed by atoms with van der Waals surface area (Å²) in [5.74, 6) is 0. The van der Waals surface area contributed by atoms with Crippen LogP contribution in [0.2, 0.25) is 0 Å². The van der Waals surface area contributed by atoms with Crippen LogP contribution in [0.5, 0.6) is 0 Å². The highest BCUT2D eigenvalue weighted by Gasteiger charge is 2.32. The van der Waals surface area contributed by atoms with Crippen molar-refractivity contribution in [3.8, 4) is 0 Å². The highest BCUT2D eigenvalue weighted by atomic mass is 16.3. The van der Waals surface area contributed by atoms with Gasteiger partial charge in [-0.15, -0.1) is 0 Å². The lowest BCUT2D eigenvalue weighted by molar-refractivity contribution is -0.0142. The predicted octanol–water partition coefficient (Wildman–Crippen LogP) is -0.999. The van der Waals surface area contributed by atoms with Gasteiger partial charge in [-0.2, -0.15) is 0 Å². The molecule has 6 N–H and O–H groups in total. The van der Waals surface area contributed by atoms with E-state index in [4.69, 9.17) is 21.7 Å². The summed E-state index contributed by atoms with van der Waals surface area (Å²) in [5, 5.41) is 18.1. The van der Waals surface area contributed by atoms with Crippen molar-refractivity contribution in [3.05, 3.63) is 0 Å². The third kappa shape index (κ3) is 2.41. The molecule has 68 valence electrons. The Morgan fingerprint density at radius 2 is 2.09 bits per heavy atom. The SMILES string of the molecule is CCCC(CN)(CO)C(N)O. The van der Waals surface area contributed by atoms with Crippen LogP contribution in [0, 0.1) is 5.41 Å². The van der Waals surface area contributed by atoms with Crippen LogP contribution in [0.3, 0.4) is 0 Å². The molecule has 11 heavy (non-hydrogen) atoms. The van der Waals surface area contributed by atoms with E-state index < -0.39 is 11.6 Å². The van der Waals surface area contributed by atoms with Crippen LogP contribution in [0.25, 0.3) is 0 Å². The lowest BCUT2D eigenvalue weighted by Gasteiger charge is -2.32. The monoisotopic (exact) mass is 162 g/mol. The number of aliphatic hydroxyl groups excluding tert-OH is 2. The number of hydrogen-bond donors (Lipinski definition) is 4. The Morgan fingerprint density at radius 1 is 1.55 bits per heavy atom. The van der Waals surface area contributed by atoms with Crippen LogP contribution in [-0.4, -0.2) is 29.6 Å². The Hall–Kier alpha value is -0.160. The molecular formula is C7H18N2O2. The standard InChI is InChI=1S/C7H18N2O2/c1-2-3-7(4-8,5-10)6(9)11/h6,10-11H,2-5,8-9H2,1H3. The van der Waals surface area contributed by atoms with Gasteiger partial charge in [0.2, 0.25) is 0 Å². The molecule has 0 heterocycles. The third-order valence-electron chi connectivity index (χ3n) is 2.10. The molecule has 0 bridgehead atoms. The summed E-state index contributed by atoms with van der Waals surface area (Å²) in [6, 6.07) is 0. The van der Waals surface area contributed by atoms with E-state index in [9.17, 15) is 0 Å². The fraction of sp³-hybridized carbons (Fsp3) is 1.00. The second kappa shape index (κ2) is 4.66. The maximum atomic E-state index is 9.13. The average Bonchev–Trinajstić information content (AvgIpc) is 2.00. The first kappa shape index (κ1) is 10.8. The Labute approximate surface area is 67.2 Å². The Morgan fingerprint density at radius 3 is 2.18 bits per heavy atom. The molecule has 2 unspecified atom stereocenters. The maximum Gasteiger partial charge on any atom is 0.111 e. The molecule has 0 saturated heterocycles. The van der Waals surface area contributed by atoms with E-state index in [0.717, 1.165) is 6.42 Å². The van der Waals surface area contributed by atoms with Crippen molar-refractivity contribution >= 4 is 0 Å². The van der Waals surface area contributed by atoms with E-state index >= 15 is 0 Å². The topological polar surface area (TPSA) is 92.5 Å². The predicted molar refractivity (Wildman–Crippen MR) is 43.7 cm³/mol. The van der Waals surface area contributed by atoms with Gasteiger partial charge in [0.15, 0.2) is 0 Å². The second-order valence-electron chi connectivity index (χ2n) is 2.92. The molecule has 0 radical (unpaired) electrons. The summed E-state index contributed by atoms with van der Waals surface area (Å²) in [6.45, 7) is 2.02. The summed E-state index contributed by atoms with van der Waals surface area (Å²) in [4.78, 5) is 0. The average molecular weight is 162 g/mol. The van der Waals surface area contributed by atoms with Gasteiger partial charge in [-0.05, 0) is 6.42 Å². The number of aliphatic hydroxyl groups is 2. The molecule has 0 fully saturated rings. The van der Waals surface area contributed by atoms with Crippen molar-refractivity contribution in [2.45, 2.75) is 26.0 Å².